The minimum absolute atomic E-state index is 0.125. The Hall–Kier alpha value is -0.0800. The van der Waals surface area contributed by atoms with Gasteiger partial charge in [-0.05, 0) is 57.4 Å². The van der Waals surface area contributed by atoms with Crippen molar-refractivity contribution in [2.24, 2.45) is 17.8 Å². The third kappa shape index (κ3) is 4.24. The largest absolute Gasteiger partial charge is 0.391 e. The quantitative estimate of drug-likeness (QED) is 0.812. The second-order valence-corrected chi connectivity index (χ2v) is 7.10. The normalized spacial score (nSPS) is 31.3. The molecule has 0 spiro atoms. The van der Waals surface area contributed by atoms with E-state index in [0.717, 1.165) is 30.6 Å². The molecule has 4 atom stereocenters. The first-order chi connectivity index (χ1) is 8.32. The molecule has 0 saturated heterocycles. The average Bonchev–Trinajstić information content (AvgIpc) is 2.27. The zero-order chi connectivity index (χ0) is 13.9. The van der Waals surface area contributed by atoms with E-state index in [4.69, 9.17) is 0 Å². The molecule has 0 radical (unpaired) electrons. The molecular formula is C16H33NO. The van der Waals surface area contributed by atoms with Gasteiger partial charge >= 0.3 is 0 Å². The number of rotatable bonds is 5. The molecule has 1 aliphatic rings. The lowest BCUT2D eigenvalue weighted by Gasteiger charge is -2.43. The van der Waals surface area contributed by atoms with E-state index in [1.54, 1.807) is 0 Å². The van der Waals surface area contributed by atoms with Gasteiger partial charge in [-0.2, -0.15) is 0 Å². The molecule has 0 heterocycles. The van der Waals surface area contributed by atoms with Crippen LogP contribution in [-0.4, -0.2) is 35.2 Å². The SMILES string of the molecule is CC(C)CC(C)N(C)C1CC(C(C)C)CCC1O. The van der Waals surface area contributed by atoms with E-state index in [1.165, 1.54) is 12.8 Å². The maximum atomic E-state index is 10.3. The van der Waals surface area contributed by atoms with E-state index in [-0.39, 0.29) is 6.10 Å². The Labute approximate surface area is 114 Å². The standard InChI is InChI=1S/C16H33NO/c1-11(2)9-13(5)17(6)15-10-14(12(3)4)7-8-16(15)18/h11-16,18H,7-10H2,1-6H3. The molecule has 1 N–H and O–H groups in total. The molecule has 2 heteroatoms. The van der Waals surface area contributed by atoms with Crippen LogP contribution in [0.25, 0.3) is 0 Å². The van der Waals surface area contributed by atoms with Crippen LogP contribution >= 0.6 is 0 Å². The fourth-order valence-corrected chi connectivity index (χ4v) is 3.38. The fourth-order valence-electron chi connectivity index (χ4n) is 3.38. The molecule has 0 aromatic heterocycles. The molecule has 1 saturated carbocycles. The van der Waals surface area contributed by atoms with Crippen LogP contribution in [0.5, 0.6) is 0 Å². The molecule has 0 aromatic carbocycles. The molecule has 1 aliphatic carbocycles. The van der Waals surface area contributed by atoms with Crippen LogP contribution in [-0.2, 0) is 0 Å². The van der Waals surface area contributed by atoms with Crippen molar-refractivity contribution in [3.05, 3.63) is 0 Å². The summed E-state index contributed by atoms with van der Waals surface area (Å²) in [6.07, 6.45) is 4.43. The first-order valence-electron chi connectivity index (χ1n) is 7.72. The Morgan fingerprint density at radius 2 is 1.72 bits per heavy atom. The van der Waals surface area contributed by atoms with Crippen molar-refractivity contribution < 1.29 is 5.11 Å². The van der Waals surface area contributed by atoms with Crippen molar-refractivity contribution in [2.75, 3.05) is 7.05 Å². The van der Waals surface area contributed by atoms with Crippen LogP contribution in [0.2, 0.25) is 0 Å². The van der Waals surface area contributed by atoms with E-state index >= 15 is 0 Å². The minimum Gasteiger partial charge on any atom is -0.391 e. The predicted molar refractivity (Wildman–Crippen MR) is 78.7 cm³/mol. The molecule has 0 aromatic rings. The lowest BCUT2D eigenvalue weighted by atomic mass is 9.77. The smallest absolute Gasteiger partial charge is 0.0695 e. The van der Waals surface area contributed by atoms with Gasteiger partial charge < -0.3 is 5.11 Å². The molecule has 4 unspecified atom stereocenters. The molecule has 2 nitrogen and oxygen atoms in total. The van der Waals surface area contributed by atoms with E-state index in [2.05, 4.69) is 46.6 Å². The van der Waals surface area contributed by atoms with Crippen molar-refractivity contribution in [1.29, 1.82) is 0 Å². The summed E-state index contributed by atoms with van der Waals surface area (Å²) in [7, 11) is 2.20. The van der Waals surface area contributed by atoms with Crippen LogP contribution < -0.4 is 0 Å². The average molecular weight is 255 g/mol. The number of aliphatic hydroxyl groups excluding tert-OH is 1. The van der Waals surface area contributed by atoms with E-state index < -0.39 is 0 Å². The van der Waals surface area contributed by atoms with Gasteiger partial charge in [0.1, 0.15) is 0 Å². The van der Waals surface area contributed by atoms with Gasteiger partial charge in [0.15, 0.2) is 0 Å². The van der Waals surface area contributed by atoms with Gasteiger partial charge in [-0.1, -0.05) is 27.7 Å². The molecule has 0 aliphatic heterocycles. The van der Waals surface area contributed by atoms with E-state index in [9.17, 15) is 5.11 Å². The fraction of sp³-hybridized carbons (Fsp3) is 1.00. The maximum Gasteiger partial charge on any atom is 0.0695 e. The molecule has 18 heavy (non-hydrogen) atoms. The van der Waals surface area contributed by atoms with Gasteiger partial charge in [0.2, 0.25) is 0 Å². The maximum absolute atomic E-state index is 10.3. The summed E-state index contributed by atoms with van der Waals surface area (Å²) in [5.74, 6) is 2.25. The summed E-state index contributed by atoms with van der Waals surface area (Å²) in [4.78, 5) is 2.43. The summed E-state index contributed by atoms with van der Waals surface area (Å²) in [6.45, 7) is 11.5. The lowest BCUT2D eigenvalue weighted by molar-refractivity contribution is -0.0107. The van der Waals surface area contributed by atoms with Crippen molar-refractivity contribution in [3.8, 4) is 0 Å². The second-order valence-electron chi connectivity index (χ2n) is 7.10. The molecular weight excluding hydrogens is 222 g/mol. The van der Waals surface area contributed by atoms with E-state index in [1.807, 2.05) is 0 Å². The van der Waals surface area contributed by atoms with Gasteiger partial charge in [0, 0.05) is 12.1 Å². The number of hydrogen-bond acceptors (Lipinski definition) is 2. The molecule has 0 amide bonds. The number of likely N-dealkylation sites (N-methyl/N-ethyl adjacent to an activating group) is 1. The number of aliphatic hydroxyl groups is 1. The summed E-state index contributed by atoms with van der Waals surface area (Å²) < 4.78 is 0. The van der Waals surface area contributed by atoms with Crippen LogP contribution in [0.3, 0.4) is 0 Å². The predicted octanol–water partition coefficient (Wildman–Crippen LogP) is 3.54. The zero-order valence-electron chi connectivity index (χ0n) is 13.2. The first-order valence-corrected chi connectivity index (χ1v) is 7.72. The highest BCUT2D eigenvalue weighted by atomic mass is 16.3. The summed E-state index contributed by atoms with van der Waals surface area (Å²) in [5.41, 5.74) is 0. The van der Waals surface area contributed by atoms with Gasteiger partial charge in [0.25, 0.3) is 0 Å². The zero-order valence-corrected chi connectivity index (χ0v) is 13.2. The molecule has 0 bridgehead atoms. The van der Waals surface area contributed by atoms with Crippen LogP contribution in [0.4, 0.5) is 0 Å². The Balaban J connectivity index is 2.61. The third-order valence-electron chi connectivity index (χ3n) is 4.80. The minimum atomic E-state index is -0.125. The monoisotopic (exact) mass is 255 g/mol. The molecule has 1 fully saturated rings. The van der Waals surface area contributed by atoms with Crippen molar-refractivity contribution in [2.45, 2.75) is 78.5 Å². The van der Waals surface area contributed by atoms with Gasteiger partial charge in [0.05, 0.1) is 6.10 Å². The van der Waals surface area contributed by atoms with Crippen LogP contribution in [0.15, 0.2) is 0 Å². The third-order valence-corrected chi connectivity index (χ3v) is 4.80. The lowest BCUT2D eigenvalue weighted by Crippen LogP contribution is -2.49. The van der Waals surface area contributed by atoms with Crippen molar-refractivity contribution >= 4 is 0 Å². The van der Waals surface area contributed by atoms with E-state index in [0.29, 0.717) is 12.1 Å². The van der Waals surface area contributed by atoms with Gasteiger partial charge in [-0.3, -0.25) is 4.90 Å². The first kappa shape index (κ1) is 16.0. The van der Waals surface area contributed by atoms with Gasteiger partial charge in [-0.15, -0.1) is 0 Å². The Bertz CT molecular complexity index is 239. The highest BCUT2D eigenvalue weighted by Crippen LogP contribution is 2.33. The topological polar surface area (TPSA) is 23.5 Å². The number of hydrogen-bond donors (Lipinski definition) is 1. The molecule has 108 valence electrons. The molecule has 1 rings (SSSR count). The highest BCUT2D eigenvalue weighted by molar-refractivity contribution is 4.88. The van der Waals surface area contributed by atoms with Crippen molar-refractivity contribution in [3.63, 3.8) is 0 Å². The Kier molecular flexibility index (Phi) is 6.13. The van der Waals surface area contributed by atoms with Crippen molar-refractivity contribution in [1.82, 2.24) is 4.90 Å². The highest BCUT2D eigenvalue weighted by Gasteiger charge is 2.34. The number of nitrogens with zero attached hydrogens (tertiary/aromatic N) is 1. The van der Waals surface area contributed by atoms with Gasteiger partial charge in [-0.25, -0.2) is 0 Å². The summed E-state index contributed by atoms with van der Waals surface area (Å²) in [6, 6.07) is 0.926. The Morgan fingerprint density at radius 1 is 1.11 bits per heavy atom. The summed E-state index contributed by atoms with van der Waals surface area (Å²) in [5, 5.41) is 10.3. The second kappa shape index (κ2) is 6.91. The van der Waals surface area contributed by atoms with Crippen LogP contribution in [0.1, 0.15) is 60.3 Å². The van der Waals surface area contributed by atoms with Crippen LogP contribution in [0, 0.1) is 17.8 Å². The Morgan fingerprint density at radius 3 is 2.22 bits per heavy atom. The summed E-state index contributed by atoms with van der Waals surface area (Å²) >= 11 is 0.